The number of hydrogen-bond donors (Lipinski definition) is 2. The fourth-order valence-electron chi connectivity index (χ4n) is 1.22. The minimum absolute atomic E-state index is 0.318. The highest BCUT2D eigenvalue weighted by atomic mass is 16.3. The van der Waals surface area contributed by atoms with Gasteiger partial charge in [0.1, 0.15) is 5.75 Å². The molecular weight excluding hydrogens is 150 g/mol. The Kier molecular flexibility index (Phi) is 3.11. The van der Waals surface area contributed by atoms with Crippen molar-refractivity contribution in [1.82, 2.24) is 0 Å². The summed E-state index contributed by atoms with van der Waals surface area (Å²) in [5.41, 5.74) is 6.68. The summed E-state index contributed by atoms with van der Waals surface area (Å²) in [6, 6.07) is 7.30. The molecule has 66 valence electrons. The number of benzene rings is 1. The van der Waals surface area contributed by atoms with Crippen molar-refractivity contribution in [3.05, 3.63) is 29.8 Å². The molecule has 0 fully saturated rings. The summed E-state index contributed by atoms with van der Waals surface area (Å²) < 4.78 is 0. The van der Waals surface area contributed by atoms with Crippen LogP contribution < -0.4 is 5.73 Å². The van der Waals surface area contributed by atoms with Gasteiger partial charge in [-0.05, 0) is 36.6 Å². The lowest BCUT2D eigenvalue weighted by atomic mass is 9.98. The van der Waals surface area contributed by atoms with Gasteiger partial charge in [-0.2, -0.15) is 0 Å². The highest BCUT2D eigenvalue weighted by Crippen LogP contribution is 2.20. The number of nitrogens with two attached hydrogens (primary N) is 1. The van der Waals surface area contributed by atoms with Crippen LogP contribution in [0.3, 0.4) is 0 Å². The van der Waals surface area contributed by atoms with Gasteiger partial charge in [-0.25, -0.2) is 0 Å². The smallest absolute Gasteiger partial charge is 0.115 e. The number of phenols is 1. The van der Waals surface area contributed by atoms with Crippen molar-refractivity contribution in [2.45, 2.75) is 19.3 Å². The molecule has 0 saturated carbocycles. The van der Waals surface area contributed by atoms with E-state index in [9.17, 15) is 0 Å². The average Bonchev–Trinajstić information content (AvgIpc) is 2.06. The van der Waals surface area contributed by atoms with Crippen molar-refractivity contribution < 1.29 is 5.11 Å². The van der Waals surface area contributed by atoms with E-state index in [0.29, 0.717) is 18.2 Å². The van der Waals surface area contributed by atoms with Crippen molar-refractivity contribution in [3.63, 3.8) is 0 Å². The van der Waals surface area contributed by atoms with Crippen molar-refractivity contribution in [3.8, 4) is 5.75 Å². The van der Waals surface area contributed by atoms with Crippen LogP contribution in [0.15, 0.2) is 24.3 Å². The van der Waals surface area contributed by atoms with E-state index in [1.54, 1.807) is 12.1 Å². The van der Waals surface area contributed by atoms with Gasteiger partial charge in [0, 0.05) is 0 Å². The second-order valence-corrected chi connectivity index (χ2v) is 3.07. The van der Waals surface area contributed by atoms with Gasteiger partial charge in [0.15, 0.2) is 0 Å². The summed E-state index contributed by atoms with van der Waals surface area (Å²) in [5, 5.41) is 9.04. The van der Waals surface area contributed by atoms with Crippen molar-refractivity contribution >= 4 is 0 Å². The Hall–Kier alpha value is -1.02. The molecule has 0 unspecified atom stereocenters. The van der Waals surface area contributed by atoms with Crippen LogP contribution in [0.1, 0.15) is 24.8 Å². The van der Waals surface area contributed by atoms with Gasteiger partial charge in [0.2, 0.25) is 0 Å². The molecule has 2 heteroatoms. The van der Waals surface area contributed by atoms with Crippen molar-refractivity contribution in [2.75, 3.05) is 6.54 Å². The lowest BCUT2D eigenvalue weighted by Gasteiger charge is -2.09. The lowest BCUT2D eigenvalue weighted by Crippen LogP contribution is -2.04. The van der Waals surface area contributed by atoms with Crippen molar-refractivity contribution in [1.29, 1.82) is 0 Å². The van der Waals surface area contributed by atoms with Gasteiger partial charge in [-0.15, -0.1) is 0 Å². The van der Waals surface area contributed by atoms with Crippen LogP contribution in [0, 0.1) is 0 Å². The van der Waals surface area contributed by atoms with Gasteiger partial charge in [-0.3, -0.25) is 0 Å². The van der Waals surface area contributed by atoms with Gasteiger partial charge >= 0.3 is 0 Å². The Bertz CT molecular complexity index is 230. The number of rotatable bonds is 3. The molecule has 0 spiro atoms. The first-order chi connectivity index (χ1) is 5.74. The predicted octanol–water partition coefficient (Wildman–Crippen LogP) is 1.84. The van der Waals surface area contributed by atoms with Crippen LogP contribution in [0.25, 0.3) is 0 Å². The molecule has 12 heavy (non-hydrogen) atoms. The molecule has 0 radical (unpaired) electrons. The molecule has 1 aromatic carbocycles. The molecule has 0 saturated heterocycles. The minimum Gasteiger partial charge on any atom is -0.508 e. The summed E-state index contributed by atoms with van der Waals surface area (Å²) in [4.78, 5) is 0. The van der Waals surface area contributed by atoms with Gasteiger partial charge < -0.3 is 10.8 Å². The zero-order valence-electron chi connectivity index (χ0n) is 7.33. The van der Waals surface area contributed by atoms with Gasteiger partial charge in [-0.1, -0.05) is 19.1 Å². The Balaban J connectivity index is 2.68. The fourth-order valence-corrected chi connectivity index (χ4v) is 1.22. The second kappa shape index (κ2) is 4.12. The zero-order chi connectivity index (χ0) is 8.97. The van der Waals surface area contributed by atoms with Crippen LogP contribution in [0.4, 0.5) is 0 Å². The highest BCUT2D eigenvalue weighted by Gasteiger charge is 2.02. The molecule has 0 aliphatic carbocycles. The van der Waals surface area contributed by atoms with Crippen LogP contribution in [-0.4, -0.2) is 11.7 Å². The maximum absolute atomic E-state index is 9.04. The number of phenolic OH excluding ortho intramolecular Hbond substituents is 1. The van der Waals surface area contributed by atoms with Crippen molar-refractivity contribution in [2.24, 2.45) is 5.73 Å². The first-order valence-corrected chi connectivity index (χ1v) is 4.23. The Labute approximate surface area is 73.0 Å². The molecule has 1 atom stereocenters. The summed E-state index contributed by atoms with van der Waals surface area (Å²) in [6.45, 7) is 2.85. The quantitative estimate of drug-likeness (QED) is 0.718. The molecule has 0 heterocycles. The van der Waals surface area contributed by atoms with Crippen LogP contribution in [0.5, 0.6) is 5.75 Å². The van der Waals surface area contributed by atoms with E-state index in [0.717, 1.165) is 6.42 Å². The SMILES string of the molecule is C[C@H](CCN)c1ccc(O)cc1. The molecule has 2 nitrogen and oxygen atoms in total. The Morgan fingerprint density at radius 1 is 1.33 bits per heavy atom. The van der Waals surface area contributed by atoms with E-state index in [-0.39, 0.29) is 0 Å². The van der Waals surface area contributed by atoms with Gasteiger partial charge in [0.05, 0.1) is 0 Å². The average molecular weight is 165 g/mol. The third-order valence-electron chi connectivity index (χ3n) is 2.06. The normalized spacial score (nSPS) is 12.8. The molecule has 0 aliphatic heterocycles. The summed E-state index contributed by atoms with van der Waals surface area (Å²) >= 11 is 0. The first-order valence-electron chi connectivity index (χ1n) is 4.23. The molecule has 0 bridgehead atoms. The predicted molar refractivity (Wildman–Crippen MR) is 50.2 cm³/mol. The molecule has 0 aromatic heterocycles. The number of hydrogen-bond acceptors (Lipinski definition) is 2. The van der Waals surface area contributed by atoms with E-state index in [1.165, 1.54) is 5.56 Å². The zero-order valence-corrected chi connectivity index (χ0v) is 7.33. The van der Waals surface area contributed by atoms with Crippen LogP contribution in [0.2, 0.25) is 0 Å². The first kappa shape index (κ1) is 9.07. The molecule has 1 rings (SSSR count). The highest BCUT2D eigenvalue weighted by molar-refractivity contribution is 5.27. The third kappa shape index (κ3) is 2.24. The van der Waals surface area contributed by atoms with E-state index < -0.39 is 0 Å². The molecule has 0 amide bonds. The summed E-state index contributed by atoms with van der Waals surface area (Å²) in [7, 11) is 0. The minimum atomic E-state index is 0.318. The maximum Gasteiger partial charge on any atom is 0.115 e. The summed E-state index contributed by atoms with van der Waals surface area (Å²) in [6.07, 6.45) is 0.991. The molecule has 1 aromatic rings. The second-order valence-electron chi connectivity index (χ2n) is 3.07. The maximum atomic E-state index is 9.04. The Morgan fingerprint density at radius 3 is 2.42 bits per heavy atom. The van der Waals surface area contributed by atoms with Gasteiger partial charge in [0.25, 0.3) is 0 Å². The van der Waals surface area contributed by atoms with E-state index in [1.807, 2.05) is 12.1 Å². The molecule has 3 N–H and O–H groups in total. The topological polar surface area (TPSA) is 46.2 Å². The van der Waals surface area contributed by atoms with Crippen LogP contribution >= 0.6 is 0 Å². The summed E-state index contributed by atoms with van der Waals surface area (Å²) in [5.74, 6) is 0.800. The third-order valence-corrected chi connectivity index (χ3v) is 2.06. The monoisotopic (exact) mass is 165 g/mol. The van der Waals surface area contributed by atoms with E-state index in [4.69, 9.17) is 10.8 Å². The Morgan fingerprint density at radius 2 is 1.92 bits per heavy atom. The van der Waals surface area contributed by atoms with E-state index >= 15 is 0 Å². The lowest BCUT2D eigenvalue weighted by molar-refractivity contribution is 0.475. The van der Waals surface area contributed by atoms with Crippen LogP contribution in [-0.2, 0) is 0 Å². The largest absolute Gasteiger partial charge is 0.508 e. The molecule has 0 aliphatic rings. The molecular formula is C10H15NO. The number of aromatic hydroxyl groups is 1. The standard InChI is InChI=1S/C10H15NO/c1-8(6-7-11)9-2-4-10(12)5-3-9/h2-5,8,12H,6-7,11H2,1H3/t8-/m1/s1. The fraction of sp³-hybridized carbons (Fsp3) is 0.400. The van der Waals surface area contributed by atoms with E-state index in [2.05, 4.69) is 6.92 Å².